The molecule has 8 nitrogen and oxygen atoms in total. The normalized spacial score (nSPS) is 20.3. The third kappa shape index (κ3) is 3.63. The lowest BCUT2D eigenvalue weighted by molar-refractivity contribution is 0.127. The lowest BCUT2D eigenvalue weighted by Crippen LogP contribution is -2.42. The molecule has 0 aliphatic carbocycles. The summed E-state index contributed by atoms with van der Waals surface area (Å²) in [6, 6.07) is 8.89. The monoisotopic (exact) mass is 494 g/mol. The van der Waals surface area contributed by atoms with Crippen molar-refractivity contribution >= 4 is 22.8 Å². The number of nitrogens with zero attached hydrogens (tertiary/aromatic N) is 4. The number of aryl methyl sites for hydroxylation is 2. The highest BCUT2D eigenvalue weighted by Gasteiger charge is 2.37. The van der Waals surface area contributed by atoms with Crippen molar-refractivity contribution in [3.05, 3.63) is 65.3 Å². The number of aromatic nitrogens is 3. The Kier molecular flexibility index (Phi) is 5.48. The summed E-state index contributed by atoms with van der Waals surface area (Å²) in [7, 11) is 0. The molecular weight excluding hydrogens is 470 g/mol. The van der Waals surface area contributed by atoms with Gasteiger partial charge in [-0.05, 0) is 50.1 Å². The molecule has 2 fully saturated rings. The minimum absolute atomic E-state index is 0.0275. The van der Waals surface area contributed by atoms with Crippen LogP contribution in [-0.4, -0.2) is 40.6 Å². The first-order valence-corrected chi connectivity index (χ1v) is 11.9. The number of amides is 1. The highest BCUT2D eigenvalue weighted by Crippen LogP contribution is 2.39. The Balaban J connectivity index is 1.52. The molecule has 186 valence electrons. The molecule has 2 saturated heterocycles. The average molecular weight is 494 g/mol. The quantitative estimate of drug-likeness (QED) is 0.365. The number of anilines is 1. The molecule has 0 bridgehead atoms. The number of hydrogen-bond acceptors (Lipinski definition) is 6. The van der Waals surface area contributed by atoms with E-state index in [9.17, 15) is 13.6 Å². The number of carbonyl (C=O) groups excluding carboxylic acids is 1. The Morgan fingerprint density at radius 2 is 1.89 bits per heavy atom. The molecule has 0 saturated carbocycles. The molecule has 6 rings (SSSR count). The van der Waals surface area contributed by atoms with Crippen molar-refractivity contribution in [3.8, 4) is 11.1 Å². The number of carbonyl (C=O) groups is 1. The third-order valence-corrected chi connectivity index (χ3v) is 6.91. The van der Waals surface area contributed by atoms with Crippen LogP contribution in [0.15, 0.2) is 40.9 Å². The number of imidazole rings is 1. The Hall–Kier alpha value is -3.79. The minimum Gasteiger partial charge on any atom is -0.449 e. The molecule has 4 heterocycles. The van der Waals surface area contributed by atoms with E-state index < -0.39 is 23.8 Å². The zero-order chi connectivity index (χ0) is 25.0. The fourth-order valence-electron chi connectivity index (χ4n) is 5.26. The Labute approximate surface area is 205 Å². The van der Waals surface area contributed by atoms with E-state index in [-0.39, 0.29) is 18.3 Å². The SMILES string of the molecule is Cc1noc(C)c1-c1ccc2c(c1)nc([C@@H]1CCOC(=O)N1c1ccc(F)c(F)c1)n2[C@H]1CCOC1. The lowest BCUT2D eigenvalue weighted by Gasteiger charge is -2.35. The van der Waals surface area contributed by atoms with Gasteiger partial charge in [-0.25, -0.2) is 18.6 Å². The van der Waals surface area contributed by atoms with Crippen molar-refractivity contribution in [2.45, 2.75) is 38.8 Å². The standard InChI is InChI=1S/C26H24F2N4O4/c1-14-24(15(2)36-30-14)16-3-6-22-21(11-16)29-25(31(22)18-7-9-34-13-18)23-8-10-35-26(33)32(23)17-4-5-19(27)20(28)12-17/h3-6,11-12,18,23H,7-10,13H2,1-2H3/t18-,23-/m0/s1. The maximum Gasteiger partial charge on any atom is 0.414 e. The number of halogens is 2. The Morgan fingerprint density at radius 1 is 1.03 bits per heavy atom. The van der Waals surface area contributed by atoms with Crippen molar-refractivity contribution < 1.29 is 27.6 Å². The molecule has 0 spiro atoms. The minimum atomic E-state index is -1.04. The van der Waals surface area contributed by atoms with E-state index in [1.54, 1.807) is 0 Å². The van der Waals surface area contributed by atoms with Crippen LogP contribution < -0.4 is 4.90 Å². The Morgan fingerprint density at radius 3 is 2.61 bits per heavy atom. The molecule has 0 N–H and O–H groups in total. The smallest absolute Gasteiger partial charge is 0.414 e. The number of rotatable bonds is 4. The van der Waals surface area contributed by atoms with E-state index in [4.69, 9.17) is 19.0 Å². The molecule has 10 heteroatoms. The summed E-state index contributed by atoms with van der Waals surface area (Å²) >= 11 is 0. The first-order valence-electron chi connectivity index (χ1n) is 11.9. The van der Waals surface area contributed by atoms with Gasteiger partial charge in [0.15, 0.2) is 11.6 Å². The summed E-state index contributed by atoms with van der Waals surface area (Å²) in [5.41, 5.74) is 4.50. The fraction of sp³-hybridized carbons (Fsp3) is 0.346. The number of benzene rings is 2. The number of hydrogen-bond donors (Lipinski definition) is 0. The summed E-state index contributed by atoms with van der Waals surface area (Å²) in [4.78, 5) is 19.3. The maximum atomic E-state index is 14.1. The number of fused-ring (bicyclic) bond motifs is 1. The summed E-state index contributed by atoms with van der Waals surface area (Å²) in [6.45, 7) is 5.10. The zero-order valence-electron chi connectivity index (χ0n) is 19.8. The van der Waals surface area contributed by atoms with Crippen LogP contribution in [0.3, 0.4) is 0 Å². The van der Waals surface area contributed by atoms with Crippen LogP contribution in [-0.2, 0) is 9.47 Å². The topological polar surface area (TPSA) is 82.6 Å². The molecule has 2 aliphatic heterocycles. The summed E-state index contributed by atoms with van der Waals surface area (Å²) in [6.07, 6.45) is 0.611. The molecule has 0 unspecified atom stereocenters. The van der Waals surface area contributed by atoms with E-state index in [1.165, 1.54) is 11.0 Å². The van der Waals surface area contributed by atoms with Crippen LogP contribution in [0.5, 0.6) is 0 Å². The van der Waals surface area contributed by atoms with Gasteiger partial charge in [-0.2, -0.15) is 0 Å². The van der Waals surface area contributed by atoms with Crippen LogP contribution in [0, 0.1) is 25.5 Å². The molecule has 2 atom stereocenters. The van der Waals surface area contributed by atoms with E-state index in [2.05, 4.69) is 9.72 Å². The number of ether oxygens (including phenoxy) is 2. The second kappa shape index (κ2) is 8.70. The average Bonchev–Trinajstić information content (AvgIpc) is 3.59. The second-order valence-electron chi connectivity index (χ2n) is 9.15. The molecule has 2 aromatic carbocycles. The van der Waals surface area contributed by atoms with E-state index >= 15 is 0 Å². The zero-order valence-corrected chi connectivity index (χ0v) is 19.8. The maximum absolute atomic E-state index is 14.1. The molecule has 0 radical (unpaired) electrons. The van der Waals surface area contributed by atoms with E-state index in [0.717, 1.165) is 52.2 Å². The van der Waals surface area contributed by atoms with Crippen molar-refractivity contribution in [1.82, 2.24) is 14.7 Å². The summed E-state index contributed by atoms with van der Waals surface area (Å²) in [5.74, 6) is -0.651. The van der Waals surface area contributed by atoms with Crippen LogP contribution in [0.2, 0.25) is 0 Å². The van der Waals surface area contributed by atoms with Crippen LogP contribution in [0.4, 0.5) is 19.3 Å². The van der Waals surface area contributed by atoms with Gasteiger partial charge in [0.1, 0.15) is 17.6 Å². The van der Waals surface area contributed by atoms with Crippen molar-refractivity contribution in [3.63, 3.8) is 0 Å². The first-order chi connectivity index (χ1) is 17.4. The van der Waals surface area contributed by atoms with Gasteiger partial charge in [-0.15, -0.1) is 0 Å². The third-order valence-electron chi connectivity index (χ3n) is 6.91. The highest BCUT2D eigenvalue weighted by molar-refractivity contribution is 5.90. The predicted molar refractivity (Wildman–Crippen MR) is 127 cm³/mol. The van der Waals surface area contributed by atoms with Gasteiger partial charge in [0.05, 0.1) is 41.7 Å². The van der Waals surface area contributed by atoms with E-state index in [1.807, 2.05) is 32.0 Å². The predicted octanol–water partition coefficient (Wildman–Crippen LogP) is 5.64. The molecular formula is C26H24F2N4O4. The summed E-state index contributed by atoms with van der Waals surface area (Å²) < 4.78 is 46.2. The highest BCUT2D eigenvalue weighted by atomic mass is 19.2. The second-order valence-corrected chi connectivity index (χ2v) is 9.15. The van der Waals surface area contributed by atoms with Crippen molar-refractivity contribution in [1.29, 1.82) is 0 Å². The largest absolute Gasteiger partial charge is 0.449 e. The fourth-order valence-corrected chi connectivity index (χ4v) is 5.26. The van der Waals surface area contributed by atoms with Gasteiger partial charge < -0.3 is 18.6 Å². The van der Waals surface area contributed by atoms with Gasteiger partial charge in [-0.1, -0.05) is 11.2 Å². The first kappa shape index (κ1) is 22.7. The van der Waals surface area contributed by atoms with Gasteiger partial charge in [0.25, 0.3) is 0 Å². The van der Waals surface area contributed by atoms with E-state index in [0.29, 0.717) is 25.5 Å². The van der Waals surface area contributed by atoms with Crippen molar-refractivity contribution in [2.75, 3.05) is 24.7 Å². The summed E-state index contributed by atoms with van der Waals surface area (Å²) in [5, 5.41) is 4.06. The van der Waals surface area contributed by atoms with Gasteiger partial charge in [-0.3, -0.25) is 4.90 Å². The van der Waals surface area contributed by atoms with Gasteiger partial charge in [0, 0.05) is 24.7 Å². The van der Waals surface area contributed by atoms with Crippen LogP contribution >= 0.6 is 0 Å². The lowest BCUT2D eigenvalue weighted by atomic mass is 10.0. The molecule has 2 aromatic heterocycles. The number of cyclic esters (lactones) is 1. The molecule has 4 aromatic rings. The van der Waals surface area contributed by atoms with Gasteiger partial charge >= 0.3 is 6.09 Å². The van der Waals surface area contributed by atoms with Crippen molar-refractivity contribution in [2.24, 2.45) is 0 Å². The molecule has 1 amide bonds. The van der Waals surface area contributed by atoms with Gasteiger partial charge in [0.2, 0.25) is 0 Å². The van der Waals surface area contributed by atoms with Crippen LogP contribution in [0.25, 0.3) is 22.2 Å². The molecule has 36 heavy (non-hydrogen) atoms. The Bertz CT molecular complexity index is 1450. The molecule has 2 aliphatic rings. The van der Waals surface area contributed by atoms with Crippen LogP contribution in [0.1, 0.15) is 42.2 Å².